The summed E-state index contributed by atoms with van der Waals surface area (Å²) in [5, 5.41) is 27.5. The topological polar surface area (TPSA) is 79.2 Å². The molecule has 1 aliphatic heterocycles. The van der Waals surface area contributed by atoms with E-state index in [2.05, 4.69) is 0 Å². The summed E-state index contributed by atoms with van der Waals surface area (Å²) in [6.45, 7) is 2.14. The summed E-state index contributed by atoms with van der Waals surface area (Å²) in [5.41, 5.74) is 0. The Bertz CT molecular complexity index is 140. The first kappa shape index (κ1) is 9.88. The lowest BCUT2D eigenvalue weighted by Crippen LogP contribution is -2.53. The third-order valence-electron chi connectivity index (χ3n) is 1.79. The van der Waals surface area contributed by atoms with Crippen molar-refractivity contribution in [3.05, 3.63) is 0 Å². The van der Waals surface area contributed by atoms with Gasteiger partial charge in [-0.15, -0.1) is 0 Å². The Labute approximate surface area is 70.5 Å². The highest BCUT2D eigenvalue weighted by Gasteiger charge is 2.37. The normalized spacial score (nSPS) is 43.0. The molecule has 5 heteroatoms. The van der Waals surface area contributed by atoms with Gasteiger partial charge in [-0.1, -0.05) is 0 Å². The monoisotopic (exact) mass is 178 g/mol. The van der Waals surface area contributed by atoms with Crippen LogP contribution in [-0.2, 0) is 9.47 Å². The molecular formula is C7H14O5. The number of rotatable bonds is 2. The zero-order valence-electron chi connectivity index (χ0n) is 6.88. The molecular weight excluding hydrogens is 164 g/mol. The van der Waals surface area contributed by atoms with E-state index in [-0.39, 0.29) is 6.61 Å². The molecule has 1 heterocycles. The maximum Gasteiger partial charge on any atom is 0.186 e. The zero-order chi connectivity index (χ0) is 9.14. The zero-order valence-corrected chi connectivity index (χ0v) is 6.88. The van der Waals surface area contributed by atoms with E-state index < -0.39 is 24.6 Å². The predicted octanol–water partition coefficient (Wildman–Crippen LogP) is -1.54. The molecule has 0 saturated carbocycles. The highest BCUT2D eigenvalue weighted by Crippen LogP contribution is 2.15. The van der Waals surface area contributed by atoms with Crippen LogP contribution in [0, 0.1) is 0 Å². The summed E-state index contributed by atoms with van der Waals surface area (Å²) >= 11 is 0. The lowest BCUT2D eigenvalue weighted by Gasteiger charge is -2.34. The Morgan fingerprint density at radius 2 is 2.00 bits per heavy atom. The first-order valence-electron chi connectivity index (χ1n) is 3.94. The van der Waals surface area contributed by atoms with Crippen LogP contribution in [0.1, 0.15) is 6.92 Å². The lowest BCUT2D eigenvalue weighted by atomic mass is 10.1. The Morgan fingerprint density at radius 3 is 2.58 bits per heavy atom. The number of aliphatic hydroxyl groups is 3. The molecule has 3 N–H and O–H groups in total. The van der Waals surface area contributed by atoms with Crippen LogP contribution in [0.2, 0.25) is 0 Å². The van der Waals surface area contributed by atoms with Gasteiger partial charge in [-0.05, 0) is 6.92 Å². The summed E-state index contributed by atoms with van der Waals surface area (Å²) in [6.07, 6.45) is -4.21. The first-order chi connectivity index (χ1) is 5.66. The fourth-order valence-electron chi connectivity index (χ4n) is 1.09. The fourth-order valence-corrected chi connectivity index (χ4v) is 1.09. The van der Waals surface area contributed by atoms with Gasteiger partial charge in [-0.2, -0.15) is 0 Å². The van der Waals surface area contributed by atoms with Crippen LogP contribution < -0.4 is 0 Å². The van der Waals surface area contributed by atoms with Crippen molar-refractivity contribution in [1.82, 2.24) is 0 Å². The maximum absolute atomic E-state index is 9.28. The van der Waals surface area contributed by atoms with E-state index in [1.807, 2.05) is 0 Å². The van der Waals surface area contributed by atoms with Crippen LogP contribution in [0.3, 0.4) is 0 Å². The molecule has 1 fully saturated rings. The summed E-state index contributed by atoms with van der Waals surface area (Å²) in [6, 6.07) is 0. The van der Waals surface area contributed by atoms with E-state index in [9.17, 15) is 10.2 Å². The van der Waals surface area contributed by atoms with Crippen molar-refractivity contribution in [1.29, 1.82) is 0 Å². The third-order valence-corrected chi connectivity index (χ3v) is 1.79. The van der Waals surface area contributed by atoms with Gasteiger partial charge < -0.3 is 24.8 Å². The second-order valence-electron chi connectivity index (χ2n) is 2.71. The van der Waals surface area contributed by atoms with E-state index in [1.54, 1.807) is 6.92 Å². The van der Waals surface area contributed by atoms with Crippen molar-refractivity contribution < 1.29 is 24.8 Å². The standard InChI is InChI=1S/C7H14O5/c1-2-11-7-6(10)5(9)4(8)3-12-7/h4-10H,2-3H2,1H3/t4-,5?,6-,7+/m1/s1. The molecule has 0 aromatic carbocycles. The number of hydrogen-bond acceptors (Lipinski definition) is 5. The smallest absolute Gasteiger partial charge is 0.186 e. The van der Waals surface area contributed by atoms with Gasteiger partial charge in [0.05, 0.1) is 6.61 Å². The summed E-state index contributed by atoms with van der Waals surface area (Å²) < 4.78 is 9.90. The largest absolute Gasteiger partial charge is 0.388 e. The molecule has 12 heavy (non-hydrogen) atoms. The van der Waals surface area contributed by atoms with Gasteiger partial charge in [0.2, 0.25) is 0 Å². The van der Waals surface area contributed by atoms with E-state index in [1.165, 1.54) is 0 Å². The summed E-state index contributed by atoms with van der Waals surface area (Å²) in [5.74, 6) is 0. The van der Waals surface area contributed by atoms with Gasteiger partial charge in [0.25, 0.3) is 0 Å². The van der Waals surface area contributed by atoms with E-state index in [4.69, 9.17) is 14.6 Å². The average molecular weight is 178 g/mol. The second-order valence-corrected chi connectivity index (χ2v) is 2.71. The molecule has 0 radical (unpaired) electrons. The Morgan fingerprint density at radius 1 is 1.33 bits per heavy atom. The number of aliphatic hydroxyl groups excluding tert-OH is 3. The summed E-state index contributed by atoms with van der Waals surface area (Å²) in [7, 11) is 0. The molecule has 1 saturated heterocycles. The lowest BCUT2D eigenvalue weighted by molar-refractivity contribution is -0.268. The highest BCUT2D eigenvalue weighted by atomic mass is 16.7. The van der Waals surface area contributed by atoms with Crippen molar-refractivity contribution in [3.8, 4) is 0 Å². The molecule has 1 aliphatic rings. The fraction of sp³-hybridized carbons (Fsp3) is 1.00. The minimum atomic E-state index is -1.18. The Balaban J connectivity index is 2.46. The Hall–Kier alpha value is -0.200. The molecule has 0 aromatic rings. The van der Waals surface area contributed by atoms with Gasteiger partial charge in [-0.25, -0.2) is 0 Å². The predicted molar refractivity (Wildman–Crippen MR) is 39.4 cm³/mol. The highest BCUT2D eigenvalue weighted by molar-refractivity contribution is 4.82. The van der Waals surface area contributed by atoms with Crippen LogP contribution in [0.15, 0.2) is 0 Å². The van der Waals surface area contributed by atoms with Gasteiger partial charge >= 0.3 is 0 Å². The quantitative estimate of drug-likeness (QED) is 0.477. The molecule has 0 amide bonds. The molecule has 0 aromatic heterocycles. The van der Waals surface area contributed by atoms with E-state index >= 15 is 0 Å². The van der Waals surface area contributed by atoms with Gasteiger partial charge in [0, 0.05) is 6.61 Å². The van der Waals surface area contributed by atoms with Crippen molar-refractivity contribution >= 4 is 0 Å². The van der Waals surface area contributed by atoms with Crippen LogP contribution in [0.25, 0.3) is 0 Å². The maximum atomic E-state index is 9.28. The Kier molecular flexibility index (Phi) is 3.42. The first-order valence-corrected chi connectivity index (χ1v) is 3.94. The molecule has 5 nitrogen and oxygen atoms in total. The van der Waals surface area contributed by atoms with Gasteiger partial charge in [0.15, 0.2) is 6.29 Å². The van der Waals surface area contributed by atoms with Crippen LogP contribution >= 0.6 is 0 Å². The van der Waals surface area contributed by atoms with Gasteiger partial charge in [-0.3, -0.25) is 0 Å². The van der Waals surface area contributed by atoms with Crippen molar-refractivity contribution in [2.24, 2.45) is 0 Å². The van der Waals surface area contributed by atoms with Gasteiger partial charge in [0.1, 0.15) is 18.3 Å². The van der Waals surface area contributed by atoms with E-state index in [0.29, 0.717) is 6.61 Å². The minimum Gasteiger partial charge on any atom is -0.388 e. The van der Waals surface area contributed by atoms with Crippen LogP contribution in [-0.4, -0.2) is 53.1 Å². The molecule has 1 rings (SSSR count). The molecule has 4 atom stereocenters. The van der Waals surface area contributed by atoms with Crippen molar-refractivity contribution in [2.45, 2.75) is 31.5 Å². The second kappa shape index (κ2) is 4.15. The molecule has 0 bridgehead atoms. The van der Waals surface area contributed by atoms with Crippen LogP contribution in [0.4, 0.5) is 0 Å². The van der Waals surface area contributed by atoms with Crippen LogP contribution in [0.5, 0.6) is 0 Å². The van der Waals surface area contributed by atoms with E-state index in [0.717, 1.165) is 0 Å². The molecule has 0 aliphatic carbocycles. The van der Waals surface area contributed by atoms with Crippen molar-refractivity contribution in [2.75, 3.05) is 13.2 Å². The third kappa shape index (κ3) is 1.94. The number of ether oxygens (including phenoxy) is 2. The summed E-state index contributed by atoms with van der Waals surface area (Å²) in [4.78, 5) is 0. The SMILES string of the molecule is CCO[C@H]1OC[C@@H](O)C(O)[C@H]1O. The molecule has 0 spiro atoms. The minimum absolute atomic E-state index is 0.0110. The molecule has 1 unspecified atom stereocenters. The molecule has 72 valence electrons. The number of hydrogen-bond donors (Lipinski definition) is 3. The average Bonchev–Trinajstić information content (AvgIpc) is 2.07. The van der Waals surface area contributed by atoms with Crippen molar-refractivity contribution in [3.63, 3.8) is 0 Å².